The molecule has 0 amide bonds. The highest BCUT2D eigenvalue weighted by Gasteiger charge is 2.33. The number of carbonyl (C=O) groups is 1. The van der Waals surface area contributed by atoms with E-state index in [0.29, 0.717) is 6.42 Å². The average molecular weight is 305 g/mol. The van der Waals surface area contributed by atoms with E-state index in [9.17, 15) is 9.90 Å². The van der Waals surface area contributed by atoms with Crippen LogP contribution in [-0.4, -0.2) is 40.8 Å². The van der Waals surface area contributed by atoms with Crippen LogP contribution < -0.4 is 0 Å². The highest BCUT2D eigenvalue weighted by molar-refractivity contribution is 5.70. The average Bonchev–Trinajstić information content (AvgIpc) is 2.79. The van der Waals surface area contributed by atoms with Crippen molar-refractivity contribution >= 4 is 5.97 Å². The Morgan fingerprint density at radius 3 is 2.59 bits per heavy atom. The van der Waals surface area contributed by atoms with Crippen LogP contribution in [0.4, 0.5) is 0 Å². The number of esters is 1. The normalized spacial score (nSPS) is 22.7. The molecule has 0 aromatic heterocycles. The molecule has 122 valence electrons. The summed E-state index contributed by atoms with van der Waals surface area (Å²) in [5.74, 6) is 0.117. The summed E-state index contributed by atoms with van der Waals surface area (Å²) in [7, 11) is 0. The third-order valence-electron chi connectivity index (χ3n) is 3.93. The van der Waals surface area contributed by atoms with Crippen LogP contribution in [0.25, 0.3) is 0 Å². The zero-order chi connectivity index (χ0) is 16.2. The highest BCUT2D eigenvalue weighted by atomic mass is 16.6. The molecule has 4 nitrogen and oxygen atoms in total. The molecule has 1 aromatic rings. The maximum atomic E-state index is 12.0. The standard InChI is InChI=1S/C18H27NO3/c1-18(2,3)22-17(21)10-15-9-16(13-20)19(12-15)11-14-7-5-4-6-8-14/h4-8,15-16,20H,9-13H2,1-3H3/t15-,16+/m1/s1. The zero-order valence-corrected chi connectivity index (χ0v) is 13.8. The number of rotatable bonds is 5. The van der Waals surface area contributed by atoms with Crippen molar-refractivity contribution in [2.24, 2.45) is 5.92 Å². The molecule has 1 aromatic carbocycles. The van der Waals surface area contributed by atoms with Crippen molar-refractivity contribution in [2.75, 3.05) is 13.2 Å². The zero-order valence-electron chi connectivity index (χ0n) is 13.8. The molecular weight excluding hydrogens is 278 g/mol. The van der Waals surface area contributed by atoms with Gasteiger partial charge in [0.05, 0.1) is 6.61 Å². The van der Waals surface area contributed by atoms with Gasteiger partial charge in [-0.25, -0.2) is 0 Å². The summed E-state index contributed by atoms with van der Waals surface area (Å²) < 4.78 is 5.40. The molecule has 0 radical (unpaired) electrons. The van der Waals surface area contributed by atoms with Gasteiger partial charge in [0.25, 0.3) is 0 Å². The number of nitrogens with zero attached hydrogens (tertiary/aromatic N) is 1. The molecule has 0 spiro atoms. The molecule has 0 unspecified atom stereocenters. The third-order valence-corrected chi connectivity index (χ3v) is 3.93. The van der Waals surface area contributed by atoms with Crippen LogP contribution in [0.3, 0.4) is 0 Å². The van der Waals surface area contributed by atoms with Crippen LogP contribution in [0.2, 0.25) is 0 Å². The summed E-state index contributed by atoms with van der Waals surface area (Å²) >= 11 is 0. The number of hydrogen-bond donors (Lipinski definition) is 1. The lowest BCUT2D eigenvalue weighted by molar-refractivity contribution is -0.155. The van der Waals surface area contributed by atoms with Crippen LogP contribution in [-0.2, 0) is 16.1 Å². The molecule has 0 aliphatic carbocycles. The monoisotopic (exact) mass is 305 g/mol. The van der Waals surface area contributed by atoms with Gasteiger partial charge in [-0.15, -0.1) is 0 Å². The highest BCUT2D eigenvalue weighted by Crippen LogP contribution is 2.28. The van der Waals surface area contributed by atoms with E-state index in [4.69, 9.17) is 4.74 Å². The van der Waals surface area contributed by atoms with E-state index in [1.807, 2.05) is 39.0 Å². The molecule has 0 bridgehead atoms. The minimum atomic E-state index is -0.435. The lowest BCUT2D eigenvalue weighted by Crippen LogP contribution is -2.31. The summed E-state index contributed by atoms with van der Waals surface area (Å²) in [4.78, 5) is 14.2. The van der Waals surface area contributed by atoms with E-state index in [2.05, 4.69) is 17.0 Å². The first-order valence-electron chi connectivity index (χ1n) is 7.98. The fourth-order valence-electron chi connectivity index (χ4n) is 3.06. The maximum Gasteiger partial charge on any atom is 0.306 e. The van der Waals surface area contributed by atoms with Crippen molar-refractivity contribution in [1.29, 1.82) is 0 Å². The summed E-state index contributed by atoms with van der Waals surface area (Å²) in [6, 6.07) is 10.4. The first-order chi connectivity index (χ1) is 10.4. The van der Waals surface area contributed by atoms with Gasteiger partial charge in [-0.3, -0.25) is 9.69 Å². The number of aliphatic hydroxyl groups is 1. The minimum Gasteiger partial charge on any atom is -0.460 e. The summed E-state index contributed by atoms with van der Waals surface area (Å²) in [6.07, 6.45) is 1.28. The van der Waals surface area contributed by atoms with Gasteiger partial charge in [-0.1, -0.05) is 30.3 Å². The number of carbonyl (C=O) groups excluding carboxylic acids is 1. The lowest BCUT2D eigenvalue weighted by atomic mass is 10.0. The Hall–Kier alpha value is -1.39. The SMILES string of the molecule is CC(C)(C)OC(=O)C[C@H]1C[C@@H](CO)N(Cc2ccccc2)C1. The van der Waals surface area contributed by atoms with E-state index in [-0.39, 0.29) is 24.5 Å². The van der Waals surface area contributed by atoms with E-state index in [1.165, 1.54) is 5.56 Å². The Kier molecular flexibility index (Phi) is 5.59. The Labute approximate surface area is 133 Å². The molecule has 1 saturated heterocycles. The Morgan fingerprint density at radius 1 is 1.32 bits per heavy atom. The van der Waals surface area contributed by atoms with Crippen LogP contribution in [0.1, 0.15) is 39.2 Å². The van der Waals surface area contributed by atoms with Crippen LogP contribution >= 0.6 is 0 Å². The molecule has 1 heterocycles. The van der Waals surface area contributed by atoms with Gasteiger partial charge in [-0.2, -0.15) is 0 Å². The molecule has 4 heteroatoms. The van der Waals surface area contributed by atoms with E-state index in [0.717, 1.165) is 19.5 Å². The third kappa shape index (κ3) is 5.11. The number of ether oxygens (including phenoxy) is 1. The molecule has 1 N–H and O–H groups in total. The molecule has 2 rings (SSSR count). The van der Waals surface area contributed by atoms with Crippen molar-refractivity contribution in [3.05, 3.63) is 35.9 Å². The second-order valence-electron chi connectivity index (χ2n) is 7.14. The largest absolute Gasteiger partial charge is 0.460 e. The van der Waals surface area contributed by atoms with Crippen molar-refractivity contribution in [1.82, 2.24) is 4.90 Å². The molecule has 1 fully saturated rings. The number of hydrogen-bond acceptors (Lipinski definition) is 4. The molecule has 1 aliphatic rings. The Morgan fingerprint density at radius 2 is 2.00 bits per heavy atom. The van der Waals surface area contributed by atoms with E-state index in [1.54, 1.807) is 0 Å². The van der Waals surface area contributed by atoms with Gasteiger partial charge >= 0.3 is 5.97 Å². The number of benzene rings is 1. The first-order valence-corrected chi connectivity index (χ1v) is 7.98. The van der Waals surface area contributed by atoms with Crippen LogP contribution in [0, 0.1) is 5.92 Å². The van der Waals surface area contributed by atoms with Gasteiger partial charge in [-0.05, 0) is 38.7 Å². The van der Waals surface area contributed by atoms with Crippen molar-refractivity contribution in [3.63, 3.8) is 0 Å². The lowest BCUT2D eigenvalue weighted by Gasteiger charge is -2.22. The second-order valence-corrected chi connectivity index (χ2v) is 7.14. The van der Waals surface area contributed by atoms with Crippen LogP contribution in [0.5, 0.6) is 0 Å². The predicted molar refractivity (Wildman–Crippen MR) is 86.3 cm³/mol. The number of aliphatic hydroxyl groups excluding tert-OH is 1. The van der Waals surface area contributed by atoms with Gasteiger partial charge in [0.1, 0.15) is 5.60 Å². The second kappa shape index (κ2) is 7.25. The summed E-state index contributed by atoms with van der Waals surface area (Å²) in [5.41, 5.74) is 0.800. The van der Waals surface area contributed by atoms with Gasteiger partial charge in [0.15, 0.2) is 0 Å². The number of likely N-dealkylation sites (tertiary alicyclic amines) is 1. The quantitative estimate of drug-likeness (QED) is 0.850. The molecular formula is C18H27NO3. The van der Waals surface area contributed by atoms with Crippen molar-refractivity contribution < 1.29 is 14.6 Å². The summed E-state index contributed by atoms with van der Waals surface area (Å²) in [6.45, 7) is 7.45. The van der Waals surface area contributed by atoms with E-state index >= 15 is 0 Å². The Bertz CT molecular complexity index is 481. The first kappa shape index (κ1) is 17.0. The molecule has 1 aliphatic heterocycles. The Balaban J connectivity index is 1.90. The smallest absolute Gasteiger partial charge is 0.306 e. The minimum absolute atomic E-state index is 0.132. The molecule has 2 atom stereocenters. The van der Waals surface area contributed by atoms with Crippen LogP contribution in [0.15, 0.2) is 30.3 Å². The maximum absolute atomic E-state index is 12.0. The van der Waals surface area contributed by atoms with Gasteiger partial charge in [0, 0.05) is 25.6 Å². The van der Waals surface area contributed by atoms with Crippen molar-refractivity contribution in [2.45, 2.75) is 51.8 Å². The topological polar surface area (TPSA) is 49.8 Å². The predicted octanol–water partition coefficient (Wildman–Crippen LogP) is 2.60. The van der Waals surface area contributed by atoms with Gasteiger partial charge < -0.3 is 9.84 Å². The van der Waals surface area contributed by atoms with E-state index < -0.39 is 5.60 Å². The molecule has 22 heavy (non-hydrogen) atoms. The fourth-order valence-corrected chi connectivity index (χ4v) is 3.06. The summed E-state index contributed by atoms with van der Waals surface area (Å²) in [5, 5.41) is 9.59. The van der Waals surface area contributed by atoms with Crippen molar-refractivity contribution in [3.8, 4) is 0 Å². The fraction of sp³-hybridized carbons (Fsp3) is 0.611. The van der Waals surface area contributed by atoms with Gasteiger partial charge in [0.2, 0.25) is 0 Å². The molecule has 0 saturated carbocycles.